The van der Waals surface area contributed by atoms with Crippen LogP contribution in [0.1, 0.15) is 28.5 Å². The predicted octanol–water partition coefficient (Wildman–Crippen LogP) is 3.25. The van der Waals surface area contributed by atoms with Gasteiger partial charge in [0.1, 0.15) is 0 Å². The molecule has 1 N–H and O–H groups in total. The molecular weight excluding hydrogens is 236 g/mol. The number of nitrogens with one attached hydrogen (secondary N) is 1. The van der Waals surface area contributed by atoms with E-state index in [0.717, 1.165) is 28.8 Å². The van der Waals surface area contributed by atoms with Crippen LogP contribution in [0.3, 0.4) is 0 Å². The molecule has 1 aliphatic heterocycles. The Bertz CT molecular complexity index is 644. The average molecular weight is 250 g/mol. The zero-order chi connectivity index (χ0) is 13.2. The van der Waals surface area contributed by atoms with Gasteiger partial charge in [0.25, 0.3) is 0 Å². The average Bonchev–Trinajstić information content (AvgIpc) is 2.47. The highest BCUT2D eigenvalue weighted by Crippen LogP contribution is 2.31. The summed E-state index contributed by atoms with van der Waals surface area (Å²) in [6.45, 7) is 2.11. The van der Waals surface area contributed by atoms with E-state index in [1.165, 1.54) is 0 Å². The van der Waals surface area contributed by atoms with Crippen LogP contribution in [0.15, 0.2) is 42.6 Å². The van der Waals surface area contributed by atoms with E-state index in [-0.39, 0.29) is 6.04 Å². The molecule has 0 spiro atoms. The molecule has 0 amide bonds. The zero-order valence-corrected chi connectivity index (χ0v) is 10.6. The van der Waals surface area contributed by atoms with Crippen molar-refractivity contribution in [1.29, 1.82) is 0 Å². The van der Waals surface area contributed by atoms with E-state index < -0.39 is 0 Å². The summed E-state index contributed by atoms with van der Waals surface area (Å²) < 4.78 is 0. The summed E-state index contributed by atoms with van der Waals surface area (Å²) in [5.74, 6) is 0. The standard InChI is InChI=1S/C16H14N2O/c1-11-14(16-7-6-12(10-19)9-17-16)8-13-4-2-3-5-15(13)18-11/h2-11,18H,1H3. The second kappa shape index (κ2) is 4.69. The number of benzene rings is 1. The Balaban J connectivity index is 2.04. The van der Waals surface area contributed by atoms with E-state index in [1.807, 2.05) is 18.2 Å². The highest BCUT2D eigenvalue weighted by Gasteiger charge is 2.18. The van der Waals surface area contributed by atoms with Crippen molar-refractivity contribution in [2.24, 2.45) is 0 Å². The van der Waals surface area contributed by atoms with Gasteiger partial charge in [-0.1, -0.05) is 18.2 Å². The van der Waals surface area contributed by atoms with Gasteiger partial charge < -0.3 is 5.32 Å². The molecule has 2 heterocycles. The number of anilines is 1. The lowest BCUT2D eigenvalue weighted by Gasteiger charge is -2.25. The molecule has 1 unspecified atom stereocenters. The lowest BCUT2D eigenvalue weighted by molar-refractivity contribution is 0.112. The van der Waals surface area contributed by atoms with Crippen molar-refractivity contribution in [3.8, 4) is 0 Å². The Morgan fingerprint density at radius 1 is 1.21 bits per heavy atom. The van der Waals surface area contributed by atoms with Crippen molar-refractivity contribution in [2.75, 3.05) is 5.32 Å². The molecule has 0 saturated carbocycles. The fourth-order valence-corrected chi connectivity index (χ4v) is 2.30. The van der Waals surface area contributed by atoms with Crippen LogP contribution in [0.2, 0.25) is 0 Å². The molecule has 0 fully saturated rings. The van der Waals surface area contributed by atoms with Gasteiger partial charge in [-0.15, -0.1) is 0 Å². The summed E-state index contributed by atoms with van der Waals surface area (Å²) in [5.41, 5.74) is 4.94. The number of carbonyl (C=O) groups excluding carboxylic acids is 1. The van der Waals surface area contributed by atoms with Crippen molar-refractivity contribution in [1.82, 2.24) is 4.98 Å². The largest absolute Gasteiger partial charge is 0.378 e. The van der Waals surface area contributed by atoms with Crippen LogP contribution >= 0.6 is 0 Å². The van der Waals surface area contributed by atoms with Gasteiger partial charge in [0.2, 0.25) is 0 Å². The summed E-state index contributed by atoms with van der Waals surface area (Å²) in [4.78, 5) is 15.0. The molecule has 1 aromatic carbocycles. The topological polar surface area (TPSA) is 42.0 Å². The number of fused-ring (bicyclic) bond motifs is 1. The maximum atomic E-state index is 10.7. The molecule has 3 nitrogen and oxygen atoms in total. The Morgan fingerprint density at radius 2 is 2.05 bits per heavy atom. The number of aromatic nitrogens is 1. The third kappa shape index (κ3) is 2.15. The first kappa shape index (κ1) is 11.7. The Labute approximate surface area is 112 Å². The molecule has 0 radical (unpaired) electrons. The van der Waals surface area contributed by atoms with Gasteiger partial charge in [0.05, 0.1) is 11.7 Å². The highest BCUT2D eigenvalue weighted by atomic mass is 16.1. The number of hydrogen-bond acceptors (Lipinski definition) is 3. The predicted molar refractivity (Wildman–Crippen MR) is 77.0 cm³/mol. The van der Waals surface area contributed by atoms with Gasteiger partial charge in [-0.05, 0) is 36.8 Å². The number of para-hydroxylation sites is 1. The SMILES string of the molecule is CC1Nc2ccccc2C=C1c1ccc(C=O)cn1. The molecule has 3 heteroatoms. The summed E-state index contributed by atoms with van der Waals surface area (Å²) in [7, 11) is 0. The first-order chi connectivity index (χ1) is 9.28. The molecule has 0 aliphatic carbocycles. The van der Waals surface area contributed by atoms with Crippen molar-refractivity contribution in [3.63, 3.8) is 0 Å². The zero-order valence-electron chi connectivity index (χ0n) is 10.6. The lowest BCUT2D eigenvalue weighted by atomic mass is 9.96. The second-order valence-electron chi connectivity index (χ2n) is 4.65. The van der Waals surface area contributed by atoms with E-state index in [4.69, 9.17) is 0 Å². The lowest BCUT2D eigenvalue weighted by Crippen LogP contribution is -2.21. The smallest absolute Gasteiger partial charge is 0.151 e. The maximum absolute atomic E-state index is 10.7. The van der Waals surface area contributed by atoms with Crippen LogP contribution in [0.5, 0.6) is 0 Å². The maximum Gasteiger partial charge on any atom is 0.151 e. The first-order valence-electron chi connectivity index (χ1n) is 6.26. The molecule has 1 atom stereocenters. The molecule has 1 aromatic heterocycles. The monoisotopic (exact) mass is 250 g/mol. The van der Waals surface area contributed by atoms with Crippen LogP contribution in [-0.4, -0.2) is 17.3 Å². The van der Waals surface area contributed by atoms with Crippen LogP contribution in [-0.2, 0) is 0 Å². The highest BCUT2D eigenvalue weighted by molar-refractivity contribution is 5.91. The van der Waals surface area contributed by atoms with Crippen molar-refractivity contribution < 1.29 is 4.79 Å². The summed E-state index contributed by atoms with van der Waals surface area (Å²) in [6, 6.07) is 12.1. The molecular formula is C16H14N2O. The van der Waals surface area contributed by atoms with E-state index in [9.17, 15) is 4.79 Å². The van der Waals surface area contributed by atoms with E-state index in [0.29, 0.717) is 5.56 Å². The van der Waals surface area contributed by atoms with Crippen LogP contribution in [0.25, 0.3) is 11.6 Å². The Morgan fingerprint density at radius 3 is 2.79 bits per heavy atom. The molecule has 94 valence electrons. The van der Waals surface area contributed by atoms with Crippen LogP contribution < -0.4 is 5.32 Å². The minimum Gasteiger partial charge on any atom is -0.378 e. The minimum absolute atomic E-state index is 0.199. The normalized spacial score (nSPS) is 17.1. The molecule has 0 saturated heterocycles. The molecule has 1 aliphatic rings. The molecule has 19 heavy (non-hydrogen) atoms. The van der Waals surface area contributed by atoms with E-state index >= 15 is 0 Å². The van der Waals surface area contributed by atoms with Gasteiger partial charge in [-0.3, -0.25) is 9.78 Å². The molecule has 3 rings (SSSR count). The number of rotatable bonds is 2. The van der Waals surface area contributed by atoms with E-state index in [1.54, 1.807) is 12.3 Å². The van der Waals surface area contributed by atoms with Gasteiger partial charge >= 0.3 is 0 Å². The fourth-order valence-electron chi connectivity index (χ4n) is 2.30. The summed E-state index contributed by atoms with van der Waals surface area (Å²) in [5, 5.41) is 3.46. The number of carbonyl (C=O) groups is 1. The van der Waals surface area contributed by atoms with Gasteiger partial charge in [-0.25, -0.2) is 0 Å². The van der Waals surface area contributed by atoms with Gasteiger partial charge in [0, 0.05) is 23.0 Å². The summed E-state index contributed by atoms with van der Waals surface area (Å²) >= 11 is 0. The fraction of sp³-hybridized carbons (Fsp3) is 0.125. The van der Waals surface area contributed by atoms with Crippen LogP contribution in [0, 0.1) is 0 Å². The Hall–Kier alpha value is -2.42. The summed E-state index contributed by atoms with van der Waals surface area (Å²) in [6.07, 6.45) is 4.57. The number of aldehydes is 1. The number of nitrogens with zero attached hydrogens (tertiary/aromatic N) is 1. The van der Waals surface area contributed by atoms with Crippen molar-refractivity contribution in [3.05, 3.63) is 59.4 Å². The Kier molecular flexibility index (Phi) is 2.88. The van der Waals surface area contributed by atoms with Gasteiger partial charge in [0.15, 0.2) is 6.29 Å². The van der Waals surface area contributed by atoms with Crippen molar-refractivity contribution in [2.45, 2.75) is 13.0 Å². The molecule has 0 bridgehead atoms. The number of hydrogen-bond donors (Lipinski definition) is 1. The van der Waals surface area contributed by atoms with E-state index in [2.05, 4.69) is 35.4 Å². The first-order valence-corrected chi connectivity index (χ1v) is 6.26. The third-order valence-corrected chi connectivity index (χ3v) is 3.33. The quantitative estimate of drug-likeness (QED) is 0.832. The second-order valence-corrected chi connectivity index (χ2v) is 4.65. The third-order valence-electron chi connectivity index (χ3n) is 3.33. The minimum atomic E-state index is 0.199. The van der Waals surface area contributed by atoms with Crippen LogP contribution in [0.4, 0.5) is 5.69 Å². The number of pyridine rings is 1. The van der Waals surface area contributed by atoms with Gasteiger partial charge in [-0.2, -0.15) is 0 Å². The van der Waals surface area contributed by atoms with Crippen molar-refractivity contribution >= 4 is 23.6 Å². The molecule has 2 aromatic rings.